The zero-order valence-corrected chi connectivity index (χ0v) is 29.3. The van der Waals surface area contributed by atoms with E-state index in [0.717, 1.165) is 27.6 Å². The molecule has 0 unspecified atom stereocenters. The molecule has 0 aliphatic rings. The van der Waals surface area contributed by atoms with Crippen LogP contribution >= 0.6 is 11.3 Å². The largest absolute Gasteiger partial charge is 0.208 e. The van der Waals surface area contributed by atoms with Gasteiger partial charge in [0.1, 0.15) is 0 Å². The summed E-state index contributed by atoms with van der Waals surface area (Å²) in [4.78, 5) is 15.6. The molecular weight excluding hydrogens is 663 g/mol. The minimum absolute atomic E-state index is 0.648. The molecule has 3 nitrogen and oxygen atoms in total. The zero-order chi connectivity index (χ0) is 34.9. The maximum Gasteiger partial charge on any atom is 0.164 e. The molecule has 9 aromatic carbocycles. The van der Waals surface area contributed by atoms with E-state index in [1.165, 1.54) is 63.4 Å². The summed E-state index contributed by atoms with van der Waals surface area (Å²) in [5, 5.41) is 12.3. The molecule has 0 N–H and O–H groups in total. The van der Waals surface area contributed by atoms with Crippen molar-refractivity contribution in [2.45, 2.75) is 0 Å². The molecule has 2 aromatic heterocycles. The molecule has 0 atom stereocenters. The lowest BCUT2D eigenvalue weighted by Gasteiger charge is -2.13. The van der Waals surface area contributed by atoms with Crippen molar-refractivity contribution in [3.8, 4) is 45.3 Å². The predicted molar refractivity (Wildman–Crippen MR) is 224 cm³/mol. The van der Waals surface area contributed by atoms with Crippen LogP contribution in [-0.2, 0) is 0 Å². The lowest BCUT2D eigenvalue weighted by molar-refractivity contribution is 1.08. The van der Waals surface area contributed by atoms with Crippen LogP contribution in [0.4, 0.5) is 0 Å². The van der Waals surface area contributed by atoms with E-state index < -0.39 is 0 Å². The molecule has 0 aliphatic heterocycles. The average Bonchev–Trinajstić information content (AvgIpc) is 3.61. The van der Waals surface area contributed by atoms with Gasteiger partial charge in [-0.2, -0.15) is 0 Å². The van der Waals surface area contributed by atoms with Gasteiger partial charge in [0.2, 0.25) is 0 Å². The van der Waals surface area contributed by atoms with Crippen molar-refractivity contribution in [2.24, 2.45) is 0 Å². The zero-order valence-electron chi connectivity index (χ0n) is 28.5. The van der Waals surface area contributed by atoms with Gasteiger partial charge < -0.3 is 0 Å². The summed E-state index contributed by atoms with van der Waals surface area (Å²) >= 11 is 1.80. The van der Waals surface area contributed by atoms with E-state index in [1.807, 2.05) is 0 Å². The minimum Gasteiger partial charge on any atom is -0.208 e. The van der Waals surface area contributed by atoms with Crippen LogP contribution in [0.5, 0.6) is 0 Å². The summed E-state index contributed by atoms with van der Waals surface area (Å²) in [5.74, 6) is 1.97. The van der Waals surface area contributed by atoms with E-state index in [4.69, 9.17) is 15.0 Å². The van der Waals surface area contributed by atoms with Crippen molar-refractivity contribution in [3.63, 3.8) is 0 Å². The van der Waals surface area contributed by atoms with Crippen molar-refractivity contribution < 1.29 is 0 Å². The van der Waals surface area contributed by atoms with Gasteiger partial charge in [0.15, 0.2) is 17.5 Å². The van der Waals surface area contributed by atoms with Gasteiger partial charge in [-0.15, -0.1) is 11.3 Å². The van der Waals surface area contributed by atoms with Crippen LogP contribution in [0.2, 0.25) is 0 Å². The molecule has 11 aromatic rings. The summed E-state index contributed by atoms with van der Waals surface area (Å²) in [6.45, 7) is 0. The molecule has 2 heterocycles. The molecule has 0 bridgehead atoms. The second-order valence-electron chi connectivity index (χ2n) is 13.6. The van der Waals surface area contributed by atoms with Crippen LogP contribution in [0.15, 0.2) is 176 Å². The molecule has 0 amide bonds. The van der Waals surface area contributed by atoms with Gasteiger partial charge in [-0.25, -0.2) is 15.0 Å². The number of nitrogens with zero attached hydrogens (tertiary/aromatic N) is 3. The van der Waals surface area contributed by atoms with Gasteiger partial charge in [0.25, 0.3) is 0 Å². The van der Waals surface area contributed by atoms with Crippen LogP contribution in [0.1, 0.15) is 0 Å². The van der Waals surface area contributed by atoms with Crippen molar-refractivity contribution in [1.82, 2.24) is 15.0 Å². The lowest BCUT2D eigenvalue weighted by atomic mass is 9.95. The molecule has 0 radical (unpaired) electrons. The highest BCUT2D eigenvalue weighted by Gasteiger charge is 2.17. The number of fused-ring (bicyclic) bond motifs is 9. The SMILES string of the molecule is c1ccc2cc(-c3ccc(-c4nc(-c5ccc6c(c5)sc5ccccc56)nc(-c5cccc6c5ccc5c7ccccc7ccc65)n4)cc3)ccc2c1. The van der Waals surface area contributed by atoms with Crippen LogP contribution in [-0.4, -0.2) is 15.0 Å². The third-order valence-corrected chi connectivity index (χ3v) is 11.7. The van der Waals surface area contributed by atoms with Crippen molar-refractivity contribution in [2.75, 3.05) is 0 Å². The number of hydrogen-bond acceptors (Lipinski definition) is 4. The number of benzene rings is 9. The quantitative estimate of drug-likeness (QED) is 0.172. The Labute approximate surface area is 309 Å². The Bertz CT molecular complexity index is 3230. The van der Waals surface area contributed by atoms with Crippen LogP contribution in [0, 0.1) is 0 Å². The Morgan fingerprint density at radius 2 is 0.830 bits per heavy atom. The molecule has 0 spiro atoms. The maximum atomic E-state index is 5.22. The van der Waals surface area contributed by atoms with E-state index >= 15 is 0 Å². The molecule has 0 fully saturated rings. The monoisotopic (exact) mass is 691 g/mol. The third kappa shape index (κ3) is 4.99. The highest BCUT2D eigenvalue weighted by molar-refractivity contribution is 7.25. The summed E-state index contributed by atoms with van der Waals surface area (Å²) < 4.78 is 2.50. The van der Waals surface area contributed by atoms with Gasteiger partial charge in [-0.3, -0.25) is 0 Å². The predicted octanol–water partition coefficient (Wildman–Crippen LogP) is 13.5. The molecule has 11 rings (SSSR count). The maximum absolute atomic E-state index is 5.22. The highest BCUT2D eigenvalue weighted by atomic mass is 32.1. The molecule has 4 heteroatoms. The second kappa shape index (κ2) is 11.9. The number of aromatic nitrogens is 3. The highest BCUT2D eigenvalue weighted by Crippen LogP contribution is 2.38. The Morgan fingerprint density at radius 1 is 0.283 bits per heavy atom. The van der Waals surface area contributed by atoms with Crippen molar-refractivity contribution in [3.05, 3.63) is 176 Å². The van der Waals surface area contributed by atoms with Crippen LogP contribution in [0.3, 0.4) is 0 Å². The van der Waals surface area contributed by atoms with E-state index in [-0.39, 0.29) is 0 Å². The Morgan fingerprint density at radius 3 is 1.72 bits per heavy atom. The van der Waals surface area contributed by atoms with Gasteiger partial charge in [-0.05, 0) is 72.4 Å². The molecule has 53 heavy (non-hydrogen) atoms. The summed E-state index contributed by atoms with van der Waals surface area (Å²) in [6.07, 6.45) is 0. The first-order valence-electron chi connectivity index (χ1n) is 17.8. The first-order valence-corrected chi connectivity index (χ1v) is 18.7. The van der Waals surface area contributed by atoms with Gasteiger partial charge >= 0.3 is 0 Å². The van der Waals surface area contributed by atoms with Crippen molar-refractivity contribution in [1.29, 1.82) is 0 Å². The topological polar surface area (TPSA) is 38.7 Å². The Hall–Kier alpha value is -6.75. The fourth-order valence-corrected chi connectivity index (χ4v) is 9.00. The number of hydrogen-bond donors (Lipinski definition) is 0. The smallest absolute Gasteiger partial charge is 0.164 e. The van der Waals surface area contributed by atoms with Crippen molar-refractivity contribution >= 4 is 74.6 Å². The molecule has 0 saturated heterocycles. The second-order valence-corrected chi connectivity index (χ2v) is 14.7. The minimum atomic E-state index is 0.648. The normalized spacial score (nSPS) is 11.8. The molecule has 0 saturated carbocycles. The Balaban J connectivity index is 1.09. The Kier molecular flexibility index (Phi) is 6.73. The van der Waals surface area contributed by atoms with Gasteiger partial charge in [0.05, 0.1) is 0 Å². The summed E-state index contributed by atoms with van der Waals surface area (Å²) in [7, 11) is 0. The van der Waals surface area contributed by atoms with E-state index in [2.05, 4.69) is 176 Å². The van der Waals surface area contributed by atoms with Crippen LogP contribution in [0.25, 0.3) is 109 Å². The van der Waals surface area contributed by atoms with E-state index in [1.54, 1.807) is 11.3 Å². The molecular formula is C49H29N3S. The standard InChI is InChI=1S/C49H29N3S/c1-2-10-34-28-35(21-18-30(34)8-1)31-16-19-33(20-17-31)47-50-48(36-23-25-43-42-12-5-6-15-45(42)53-46(43)29-36)52-49(51-47)44-14-7-13-38-40-24-22-32-9-3-4-11-37(32)39(40)26-27-41(38)44/h1-29H. The first kappa shape index (κ1) is 29.9. The van der Waals surface area contributed by atoms with E-state index in [0.29, 0.717) is 17.5 Å². The number of thiophene rings is 1. The first-order chi connectivity index (χ1) is 26.2. The molecule has 0 aliphatic carbocycles. The lowest BCUT2D eigenvalue weighted by Crippen LogP contribution is -2.00. The van der Waals surface area contributed by atoms with Gasteiger partial charge in [-0.1, -0.05) is 158 Å². The average molecular weight is 692 g/mol. The number of rotatable bonds is 4. The third-order valence-electron chi connectivity index (χ3n) is 10.5. The van der Waals surface area contributed by atoms with Gasteiger partial charge in [0, 0.05) is 36.9 Å². The summed E-state index contributed by atoms with van der Waals surface area (Å²) in [5.41, 5.74) is 5.23. The summed E-state index contributed by atoms with van der Waals surface area (Å²) in [6, 6.07) is 62.9. The van der Waals surface area contributed by atoms with E-state index in [9.17, 15) is 0 Å². The fourth-order valence-electron chi connectivity index (χ4n) is 7.85. The molecule has 246 valence electrons. The van der Waals surface area contributed by atoms with Crippen LogP contribution < -0.4 is 0 Å². The fraction of sp³-hybridized carbons (Fsp3) is 0.